The number of fused-ring (bicyclic) bond motifs is 3. The van der Waals surface area contributed by atoms with Crippen molar-refractivity contribution in [2.75, 3.05) is 33.4 Å². The van der Waals surface area contributed by atoms with Crippen LogP contribution in [0.15, 0.2) is 60.8 Å². The fourth-order valence-electron chi connectivity index (χ4n) is 8.84. The van der Waals surface area contributed by atoms with Gasteiger partial charge in [0.2, 0.25) is 11.8 Å². The standard InChI is InChI=1S/C45H50N8O7/c1-26(2)37(50-44(56)57)42(54)52-20-4-6-35(52)40-46-25-34(48-40)29-13-10-27(11-14-29)8-9-28-12-16-32-31(24-28)15-17-33-39(32)49-41(47-33)36-7-5-21-53(36)43(55)38(51-45(58)59-3)30-18-22-60-23-19-30/h10-17,24-26,30,35-38,50H,4-7,18-23H2,1-3H3,(H,46,48)(H,47,49)(H,51,58)(H,56,57)/t35-,36-,37-,38-/m0/s1. The largest absolute Gasteiger partial charge is 0.465 e. The number of carbonyl (C=O) groups is 4. The van der Waals surface area contributed by atoms with Gasteiger partial charge >= 0.3 is 12.2 Å². The van der Waals surface area contributed by atoms with Gasteiger partial charge in [-0.1, -0.05) is 50.0 Å². The molecule has 0 unspecified atom stereocenters. The molecule has 5 heterocycles. The number of carboxylic acid groups (broad SMARTS) is 1. The second-order valence-corrected chi connectivity index (χ2v) is 16.1. The number of nitrogens with zero attached hydrogens (tertiary/aromatic N) is 4. The van der Waals surface area contributed by atoms with Crippen LogP contribution in [0.1, 0.15) is 87.2 Å². The third-order valence-electron chi connectivity index (χ3n) is 12.0. The number of methoxy groups -OCH3 is 1. The highest BCUT2D eigenvalue weighted by Crippen LogP contribution is 2.36. The molecule has 5 aromatic rings. The Morgan fingerprint density at radius 2 is 1.53 bits per heavy atom. The normalized spacial score (nSPS) is 19.3. The van der Waals surface area contributed by atoms with Crippen molar-refractivity contribution < 1.29 is 33.8 Å². The number of hydrogen-bond donors (Lipinski definition) is 5. The lowest BCUT2D eigenvalue weighted by atomic mass is 9.90. The summed E-state index contributed by atoms with van der Waals surface area (Å²) in [5.74, 6) is 7.40. The Balaban J connectivity index is 0.952. The molecule has 3 saturated heterocycles. The van der Waals surface area contributed by atoms with Crippen LogP contribution in [-0.2, 0) is 19.1 Å². The number of alkyl carbamates (subject to hydrolysis) is 1. The summed E-state index contributed by atoms with van der Waals surface area (Å²) in [5, 5.41) is 16.5. The number of H-pyrrole nitrogens is 2. The van der Waals surface area contributed by atoms with Gasteiger partial charge in [0, 0.05) is 42.8 Å². The van der Waals surface area contributed by atoms with Gasteiger partial charge in [0.15, 0.2) is 0 Å². The first-order chi connectivity index (χ1) is 29.1. The molecule has 8 rings (SSSR count). The topological polar surface area (TPSA) is 195 Å². The number of aromatic nitrogens is 4. The van der Waals surface area contributed by atoms with E-state index in [1.807, 2.05) is 67.3 Å². The number of hydrogen-bond acceptors (Lipinski definition) is 8. The second-order valence-electron chi connectivity index (χ2n) is 16.1. The molecule has 3 aliphatic heterocycles. The molecule has 312 valence electrons. The molecule has 3 fully saturated rings. The van der Waals surface area contributed by atoms with Crippen LogP contribution in [0.5, 0.6) is 0 Å². The molecule has 15 heteroatoms. The number of rotatable bonds is 9. The summed E-state index contributed by atoms with van der Waals surface area (Å²) in [6, 6.07) is 16.0. The number of nitrogens with one attached hydrogen (secondary N) is 4. The van der Waals surface area contributed by atoms with E-state index in [0.29, 0.717) is 45.0 Å². The average molecular weight is 815 g/mol. The maximum Gasteiger partial charge on any atom is 0.407 e. The van der Waals surface area contributed by atoms with Crippen molar-refractivity contribution in [2.24, 2.45) is 11.8 Å². The van der Waals surface area contributed by atoms with E-state index in [2.05, 4.69) is 43.5 Å². The minimum absolute atomic E-state index is 0.0376. The Morgan fingerprint density at radius 3 is 2.23 bits per heavy atom. The molecule has 4 atom stereocenters. The molecule has 0 spiro atoms. The third-order valence-corrected chi connectivity index (χ3v) is 12.0. The van der Waals surface area contributed by atoms with Crippen molar-refractivity contribution in [1.82, 2.24) is 40.4 Å². The van der Waals surface area contributed by atoms with Gasteiger partial charge in [0.1, 0.15) is 23.7 Å². The highest BCUT2D eigenvalue weighted by atomic mass is 16.5. The van der Waals surface area contributed by atoms with Gasteiger partial charge < -0.3 is 45.0 Å². The lowest BCUT2D eigenvalue weighted by Gasteiger charge is -2.34. The van der Waals surface area contributed by atoms with Gasteiger partial charge in [-0.3, -0.25) is 9.59 Å². The molecule has 0 aliphatic carbocycles. The molecule has 4 amide bonds. The number of aromatic amines is 2. The third kappa shape index (κ3) is 8.37. The van der Waals surface area contributed by atoms with Crippen molar-refractivity contribution in [3.8, 4) is 23.1 Å². The highest BCUT2D eigenvalue weighted by Gasteiger charge is 2.41. The van der Waals surface area contributed by atoms with Crippen LogP contribution in [0.25, 0.3) is 33.1 Å². The molecular weight excluding hydrogens is 765 g/mol. The monoisotopic (exact) mass is 814 g/mol. The first kappa shape index (κ1) is 40.4. The van der Waals surface area contributed by atoms with E-state index in [0.717, 1.165) is 75.7 Å². The van der Waals surface area contributed by atoms with E-state index in [4.69, 9.17) is 14.5 Å². The molecule has 0 radical (unpaired) electrons. The fourth-order valence-corrected chi connectivity index (χ4v) is 8.84. The Hall–Kier alpha value is -6.40. The van der Waals surface area contributed by atoms with Crippen molar-refractivity contribution in [3.05, 3.63) is 83.6 Å². The number of amides is 4. The fraction of sp³-hybridized carbons (Fsp3) is 0.422. The minimum Gasteiger partial charge on any atom is -0.465 e. The second kappa shape index (κ2) is 17.4. The van der Waals surface area contributed by atoms with Crippen LogP contribution in [0, 0.1) is 23.7 Å². The quantitative estimate of drug-likeness (QED) is 0.107. The van der Waals surface area contributed by atoms with Gasteiger partial charge in [0.05, 0.1) is 42.1 Å². The lowest BCUT2D eigenvalue weighted by Crippen LogP contribution is -2.53. The molecule has 2 aromatic heterocycles. The smallest absolute Gasteiger partial charge is 0.407 e. The minimum atomic E-state index is -1.22. The van der Waals surface area contributed by atoms with Crippen molar-refractivity contribution >= 4 is 45.8 Å². The highest BCUT2D eigenvalue weighted by molar-refractivity contribution is 6.04. The van der Waals surface area contributed by atoms with E-state index in [1.165, 1.54) is 7.11 Å². The zero-order valence-corrected chi connectivity index (χ0v) is 34.0. The van der Waals surface area contributed by atoms with E-state index < -0.39 is 24.3 Å². The molecule has 0 saturated carbocycles. The van der Waals surface area contributed by atoms with Gasteiger partial charge in [-0.15, -0.1) is 0 Å². The van der Waals surface area contributed by atoms with Crippen LogP contribution in [0.2, 0.25) is 0 Å². The summed E-state index contributed by atoms with van der Waals surface area (Å²) in [6.45, 7) is 5.89. The molecule has 60 heavy (non-hydrogen) atoms. The summed E-state index contributed by atoms with van der Waals surface area (Å²) in [6.07, 6.45) is 4.45. The number of benzene rings is 3. The van der Waals surface area contributed by atoms with Gasteiger partial charge in [-0.2, -0.15) is 0 Å². The van der Waals surface area contributed by atoms with Crippen LogP contribution in [0.3, 0.4) is 0 Å². The van der Waals surface area contributed by atoms with E-state index in [1.54, 1.807) is 11.1 Å². The summed E-state index contributed by atoms with van der Waals surface area (Å²) < 4.78 is 10.4. The maximum absolute atomic E-state index is 14.1. The Morgan fingerprint density at radius 1 is 0.850 bits per heavy atom. The van der Waals surface area contributed by atoms with Crippen molar-refractivity contribution in [3.63, 3.8) is 0 Å². The molecule has 3 aromatic carbocycles. The van der Waals surface area contributed by atoms with Crippen molar-refractivity contribution in [2.45, 2.75) is 76.5 Å². The first-order valence-corrected chi connectivity index (χ1v) is 20.7. The maximum atomic E-state index is 14.1. The van der Waals surface area contributed by atoms with E-state index >= 15 is 0 Å². The van der Waals surface area contributed by atoms with Gasteiger partial charge in [-0.05, 0) is 91.6 Å². The predicted molar refractivity (Wildman–Crippen MR) is 224 cm³/mol. The number of carbonyl (C=O) groups excluding carboxylic acids is 3. The van der Waals surface area contributed by atoms with Crippen LogP contribution in [-0.4, -0.2) is 104 Å². The van der Waals surface area contributed by atoms with Crippen molar-refractivity contribution in [1.29, 1.82) is 0 Å². The Bertz CT molecular complexity index is 2460. The molecule has 3 aliphatic rings. The van der Waals surface area contributed by atoms with E-state index in [-0.39, 0.29) is 35.7 Å². The molecular formula is C45H50N8O7. The predicted octanol–water partition coefficient (Wildman–Crippen LogP) is 6.28. The SMILES string of the molecule is COC(=O)N[C@H](C(=O)N1CCC[C@H]1c1nc2ccc3cc(C#Cc4ccc(-c5cnc([C@@H]6CCCN6C(=O)[C@@H](NC(=O)O)C(C)C)[nH]5)cc4)ccc3c2[nH]1)C1CCOCC1. The van der Waals surface area contributed by atoms with Crippen LogP contribution < -0.4 is 10.6 Å². The summed E-state index contributed by atoms with van der Waals surface area (Å²) in [4.78, 5) is 71.2. The lowest BCUT2D eigenvalue weighted by molar-refractivity contribution is -0.137. The summed E-state index contributed by atoms with van der Waals surface area (Å²) >= 11 is 0. The summed E-state index contributed by atoms with van der Waals surface area (Å²) in [7, 11) is 1.31. The van der Waals surface area contributed by atoms with E-state index in [9.17, 15) is 24.3 Å². The van der Waals surface area contributed by atoms with Crippen LogP contribution in [0.4, 0.5) is 9.59 Å². The van der Waals surface area contributed by atoms with Crippen LogP contribution >= 0.6 is 0 Å². The Labute approximate surface area is 347 Å². The number of imidazole rings is 2. The molecule has 5 N–H and O–H groups in total. The van der Waals surface area contributed by atoms with Gasteiger partial charge in [0.25, 0.3) is 0 Å². The van der Waals surface area contributed by atoms with Gasteiger partial charge in [-0.25, -0.2) is 19.6 Å². The zero-order valence-electron chi connectivity index (χ0n) is 34.0. The number of ether oxygens (including phenoxy) is 2. The molecule has 15 nitrogen and oxygen atoms in total. The number of likely N-dealkylation sites (tertiary alicyclic amines) is 2. The zero-order chi connectivity index (χ0) is 41.9. The average Bonchev–Trinajstić information content (AvgIpc) is 4.10. The summed E-state index contributed by atoms with van der Waals surface area (Å²) in [5.41, 5.74) is 5.17. The Kier molecular flexibility index (Phi) is 11.7. The molecule has 0 bridgehead atoms. The first-order valence-electron chi connectivity index (χ1n) is 20.7.